The third kappa shape index (κ3) is 4.10. The maximum atomic E-state index is 5.81. The summed E-state index contributed by atoms with van der Waals surface area (Å²) in [7, 11) is 4.18. The Morgan fingerprint density at radius 3 is 3.22 bits per heavy atom. The van der Waals surface area contributed by atoms with Gasteiger partial charge in [-0.15, -0.1) is 0 Å². The van der Waals surface area contributed by atoms with Gasteiger partial charge in [-0.3, -0.25) is 0 Å². The van der Waals surface area contributed by atoms with Gasteiger partial charge in [0, 0.05) is 19.4 Å². The maximum Gasteiger partial charge on any atom is 0.194 e. The number of likely N-dealkylation sites (tertiary alicyclic amines) is 1. The second-order valence-corrected chi connectivity index (χ2v) is 5.40. The summed E-state index contributed by atoms with van der Waals surface area (Å²) in [5.41, 5.74) is 0. The van der Waals surface area contributed by atoms with Crippen LogP contribution < -0.4 is 5.32 Å². The van der Waals surface area contributed by atoms with E-state index < -0.39 is 0 Å². The summed E-state index contributed by atoms with van der Waals surface area (Å²) >= 11 is 0. The molecule has 1 aromatic rings. The number of hydrogen-bond donors (Lipinski definition) is 1. The number of oxazole rings is 1. The van der Waals surface area contributed by atoms with Crippen LogP contribution in [-0.4, -0.2) is 43.6 Å². The summed E-state index contributed by atoms with van der Waals surface area (Å²) in [5.74, 6) is 2.67. The molecular formula is C14H25N3O. The molecule has 2 heterocycles. The molecule has 18 heavy (non-hydrogen) atoms. The molecule has 4 nitrogen and oxygen atoms in total. The van der Waals surface area contributed by atoms with Crippen molar-refractivity contribution >= 4 is 0 Å². The highest BCUT2D eigenvalue weighted by molar-refractivity contribution is 4.96. The predicted octanol–water partition coefficient (Wildman–Crippen LogP) is 1.71. The summed E-state index contributed by atoms with van der Waals surface area (Å²) in [5, 5.41) is 3.15. The summed E-state index contributed by atoms with van der Waals surface area (Å²) in [6, 6.07) is 0. The van der Waals surface area contributed by atoms with Crippen LogP contribution in [0.15, 0.2) is 10.6 Å². The second kappa shape index (κ2) is 6.90. The van der Waals surface area contributed by atoms with Crippen LogP contribution in [0, 0.1) is 5.92 Å². The lowest BCUT2D eigenvalue weighted by molar-refractivity contribution is 0.201. The SMILES string of the molecule is CNCCCc1cnc(CC2CCCN(C)C2)o1. The van der Waals surface area contributed by atoms with Gasteiger partial charge in [-0.1, -0.05) is 0 Å². The molecule has 4 heteroatoms. The number of nitrogens with one attached hydrogen (secondary N) is 1. The summed E-state index contributed by atoms with van der Waals surface area (Å²) in [6.45, 7) is 3.44. The Kier molecular flexibility index (Phi) is 5.20. The zero-order valence-electron chi connectivity index (χ0n) is 11.6. The number of hydrogen-bond acceptors (Lipinski definition) is 4. The van der Waals surface area contributed by atoms with Gasteiger partial charge in [-0.05, 0) is 52.4 Å². The van der Waals surface area contributed by atoms with Crippen molar-refractivity contribution < 1.29 is 4.42 Å². The van der Waals surface area contributed by atoms with Crippen molar-refractivity contribution in [3.63, 3.8) is 0 Å². The minimum Gasteiger partial charge on any atom is -0.446 e. The Morgan fingerprint density at radius 1 is 1.56 bits per heavy atom. The fourth-order valence-corrected chi connectivity index (χ4v) is 2.68. The highest BCUT2D eigenvalue weighted by atomic mass is 16.4. The molecule has 1 aliphatic rings. The average molecular weight is 251 g/mol. The normalized spacial score (nSPS) is 21.3. The molecule has 1 N–H and O–H groups in total. The first-order valence-electron chi connectivity index (χ1n) is 7.04. The highest BCUT2D eigenvalue weighted by Gasteiger charge is 2.19. The Hall–Kier alpha value is -0.870. The third-order valence-electron chi connectivity index (χ3n) is 3.64. The second-order valence-electron chi connectivity index (χ2n) is 5.40. The first-order chi connectivity index (χ1) is 8.78. The Labute approximate surface area is 110 Å². The van der Waals surface area contributed by atoms with Crippen LogP contribution in [0.25, 0.3) is 0 Å². The topological polar surface area (TPSA) is 41.3 Å². The van der Waals surface area contributed by atoms with Crippen molar-refractivity contribution in [3.05, 3.63) is 17.8 Å². The maximum absolute atomic E-state index is 5.81. The minimum absolute atomic E-state index is 0.715. The Morgan fingerprint density at radius 2 is 2.44 bits per heavy atom. The van der Waals surface area contributed by atoms with E-state index in [-0.39, 0.29) is 0 Å². The van der Waals surface area contributed by atoms with E-state index in [4.69, 9.17) is 4.42 Å². The molecule has 0 amide bonds. The zero-order valence-corrected chi connectivity index (χ0v) is 11.6. The molecule has 0 saturated carbocycles. The molecule has 1 aliphatic heterocycles. The molecule has 0 bridgehead atoms. The van der Waals surface area contributed by atoms with Gasteiger partial charge in [0.2, 0.25) is 0 Å². The van der Waals surface area contributed by atoms with Gasteiger partial charge in [0.25, 0.3) is 0 Å². The molecule has 1 aromatic heterocycles. The Balaban J connectivity index is 1.78. The van der Waals surface area contributed by atoms with Crippen molar-refractivity contribution in [1.29, 1.82) is 0 Å². The van der Waals surface area contributed by atoms with Crippen LogP contribution in [0.3, 0.4) is 0 Å². The quantitative estimate of drug-likeness (QED) is 0.782. The fraction of sp³-hybridized carbons (Fsp3) is 0.786. The van der Waals surface area contributed by atoms with Crippen LogP contribution in [0.1, 0.15) is 30.9 Å². The van der Waals surface area contributed by atoms with E-state index in [1.165, 1.54) is 25.9 Å². The van der Waals surface area contributed by atoms with Gasteiger partial charge in [0.15, 0.2) is 5.89 Å². The van der Waals surface area contributed by atoms with Gasteiger partial charge >= 0.3 is 0 Å². The lowest BCUT2D eigenvalue weighted by Crippen LogP contribution is -2.33. The molecule has 0 spiro atoms. The van der Waals surface area contributed by atoms with Gasteiger partial charge in [-0.25, -0.2) is 4.98 Å². The highest BCUT2D eigenvalue weighted by Crippen LogP contribution is 2.20. The van der Waals surface area contributed by atoms with Gasteiger partial charge < -0.3 is 14.6 Å². The molecule has 2 rings (SSSR count). The van der Waals surface area contributed by atoms with E-state index in [0.717, 1.165) is 37.5 Å². The summed E-state index contributed by atoms with van der Waals surface area (Å²) < 4.78 is 5.81. The molecule has 1 fully saturated rings. The predicted molar refractivity (Wildman–Crippen MR) is 72.7 cm³/mol. The first-order valence-corrected chi connectivity index (χ1v) is 7.04. The largest absolute Gasteiger partial charge is 0.446 e. The molecule has 1 atom stereocenters. The standard InChI is InChI=1S/C14H25N3O/c1-15-7-3-6-13-10-16-14(18-13)9-12-5-4-8-17(2)11-12/h10,12,15H,3-9,11H2,1-2H3. The molecule has 1 unspecified atom stereocenters. The zero-order chi connectivity index (χ0) is 12.8. The minimum atomic E-state index is 0.715. The molecular weight excluding hydrogens is 226 g/mol. The van der Waals surface area contributed by atoms with E-state index in [1.807, 2.05) is 13.2 Å². The fourth-order valence-electron chi connectivity index (χ4n) is 2.68. The van der Waals surface area contributed by atoms with Crippen LogP contribution in [0.2, 0.25) is 0 Å². The van der Waals surface area contributed by atoms with Crippen molar-refractivity contribution in [2.75, 3.05) is 33.7 Å². The lowest BCUT2D eigenvalue weighted by Gasteiger charge is -2.28. The summed E-state index contributed by atoms with van der Waals surface area (Å²) in [6.07, 6.45) is 7.60. The number of aryl methyl sites for hydroxylation is 1. The van der Waals surface area contributed by atoms with Crippen LogP contribution in [-0.2, 0) is 12.8 Å². The number of nitrogens with zero attached hydrogens (tertiary/aromatic N) is 2. The van der Waals surface area contributed by atoms with Crippen molar-refractivity contribution in [2.24, 2.45) is 5.92 Å². The van der Waals surface area contributed by atoms with E-state index in [2.05, 4.69) is 22.2 Å². The van der Waals surface area contributed by atoms with E-state index in [0.29, 0.717) is 5.92 Å². The number of aromatic nitrogens is 1. The van der Waals surface area contributed by atoms with E-state index >= 15 is 0 Å². The van der Waals surface area contributed by atoms with E-state index in [9.17, 15) is 0 Å². The van der Waals surface area contributed by atoms with E-state index in [1.54, 1.807) is 0 Å². The lowest BCUT2D eigenvalue weighted by atomic mass is 9.95. The molecule has 0 aromatic carbocycles. The number of rotatable bonds is 6. The average Bonchev–Trinajstić information content (AvgIpc) is 2.77. The van der Waals surface area contributed by atoms with Crippen LogP contribution in [0.4, 0.5) is 0 Å². The van der Waals surface area contributed by atoms with Crippen molar-refractivity contribution in [3.8, 4) is 0 Å². The van der Waals surface area contributed by atoms with Crippen molar-refractivity contribution in [1.82, 2.24) is 15.2 Å². The molecule has 0 aliphatic carbocycles. The van der Waals surface area contributed by atoms with Gasteiger partial charge in [0.1, 0.15) is 5.76 Å². The van der Waals surface area contributed by atoms with Gasteiger partial charge in [0.05, 0.1) is 6.20 Å². The van der Waals surface area contributed by atoms with Gasteiger partial charge in [-0.2, -0.15) is 0 Å². The Bertz CT molecular complexity index is 351. The molecule has 1 saturated heterocycles. The monoisotopic (exact) mass is 251 g/mol. The van der Waals surface area contributed by atoms with Crippen LogP contribution >= 0.6 is 0 Å². The molecule has 0 radical (unpaired) electrons. The molecule has 102 valence electrons. The van der Waals surface area contributed by atoms with Crippen LogP contribution in [0.5, 0.6) is 0 Å². The summed E-state index contributed by atoms with van der Waals surface area (Å²) in [4.78, 5) is 6.82. The smallest absolute Gasteiger partial charge is 0.194 e. The van der Waals surface area contributed by atoms with Crippen molar-refractivity contribution in [2.45, 2.75) is 32.1 Å². The number of piperidine rings is 1. The third-order valence-corrected chi connectivity index (χ3v) is 3.64. The first kappa shape index (κ1) is 13.6.